The third-order valence-electron chi connectivity index (χ3n) is 4.03. The molecule has 0 unspecified atom stereocenters. The number of aromatic amines is 1. The van der Waals surface area contributed by atoms with Gasteiger partial charge in [-0.3, -0.25) is 0 Å². The highest BCUT2D eigenvalue weighted by molar-refractivity contribution is 5.84. The number of aryl methyl sites for hydroxylation is 1. The van der Waals surface area contributed by atoms with E-state index in [9.17, 15) is 4.79 Å². The van der Waals surface area contributed by atoms with Crippen LogP contribution < -0.4 is 10.1 Å². The van der Waals surface area contributed by atoms with Crippen molar-refractivity contribution in [3.8, 4) is 11.5 Å². The summed E-state index contributed by atoms with van der Waals surface area (Å²) in [5.41, 5.74) is 2.83. The van der Waals surface area contributed by atoms with Crippen molar-refractivity contribution >= 4 is 17.0 Å². The number of amides is 1. The van der Waals surface area contributed by atoms with Crippen LogP contribution in [0.15, 0.2) is 48.7 Å². The zero-order chi connectivity index (χ0) is 19.4. The Morgan fingerprint density at radius 2 is 1.89 bits per heavy atom. The van der Waals surface area contributed by atoms with Crippen LogP contribution >= 0.6 is 0 Å². The Morgan fingerprint density at radius 1 is 1.11 bits per heavy atom. The molecule has 2 N–H and O–H groups in total. The van der Waals surface area contributed by atoms with E-state index in [0.717, 1.165) is 33.5 Å². The first-order valence-electron chi connectivity index (χ1n) is 9.11. The summed E-state index contributed by atoms with van der Waals surface area (Å²) in [4.78, 5) is 15.0. The molecule has 0 saturated heterocycles. The molecule has 0 aliphatic rings. The lowest BCUT2D eigenvalue weighted by Gasteiger charge is -2.19. The van der Waals surface area contributed by atoms with Gasteiger partial charge in [0.1, 0.15) is 17.1 Å². The van der Waals surface area contributed by atoms with Crippen LogP contribution in [-0.2, 0) is 11.2 Å². The van der Waals surface area contributed by atoms with Gasteiger partial charge in [0, 0.05) is 23.6 Å². The van der Waals surface area contributed by atoms with Crippen molar-refractivity contribution in [2.45, 2.75) is 39.7 Å². The maximum absolute atomic E-state index is 11.8. The lowest BCUT2D eigenvalue weighted by atomic mass is 10.1. The molecule has 3 rings (SSSR count). The summed E-state index contributed by atoms with van der Waals surface area (Å²) in [5, 5.41) is 3.89. The van der Waals surface area contributed by atoms with Gasteiger partial charge in [0.05, 0.1) is 0 Å². The number of hydrogen-bond acceptors (Lipinski definition) is 3. The summed E-state index contributed by atoms with van der Waals surface area (Å²) < 4.78 is 11.2. The van der Waals surface area contributed by atoms with E-state index in [-0.39, 0.29) is 0 Å². The molecule has 27 heavy (non-hydrogen) atoms. The van der Waals surface area contributed by atoms with Gasteiger partial charge in [-0.25, -0.2) is 4.79 Å². The average molecular weight is 366 g/mol. The van der Waals surface area contributed by atoms with Gasteiger partial charge in [0.25, 0.3) is 0 Å². The third-order valence-corrected chi connectivity index (χ3v) is 4.03. The number of benzene rings is 2. The number of fused-ring (bicyclic) bond motifs is 1. The number of carbonyl (C=O) groups is 1. The van der Waals surface area contributed by atoms with Crippen LogP contribution in [0.25, 0.3) is 10.9 Å². The predicted molar refractivity (Wildman–Crippen MR) is 107 cm³/mol. The van der Waals surface area contributed by atoms with Gasteiger partial charge in [0.15, 0.2) is 0 Å². The Hall–Kier alpha value is -2.95. The van der Waals surface area contributed by atoms with Crippen LogP contribution in [0, 0.1) is 6.92 Å². The topological polar surface area (TPSA) is 63.3 Å². The van der Waals surface area contributed by atoms with Gasteiger partial charge < -0.3 is 19.8 Å². The molecule has 0 bridgehead atoms. The van der Waals surface area contributed by atoms with E-state index in [1.165, 1.54) is 0 Å². The summed E-state index contributed by atoms with van der Waals surface area (Å²) in [7, 11) is 0. The predicted octanol–water partition coefficient (Wildman–Crippen LogP) is 5.34. The molecular weight excluding hydrogens is 340 g/mol. The first-order valence-corrected chi connectivity index (χ1v) is 9.11. The van der Waals surface area contributed by atoms with E-state index in [4.69, 9.17) is 9.47 Å². The highest BCUT2D eigenvalue weighted by Gasteiger charge is 2.15. The molecular formula is C22H26N2O3. The largest absolute Gasteiger partial charge is 0.457 e. The Kier molecular flexibility index (Phi) is 5.40. The highest BCUT2D eigenvalue weighted by Crippen LogP contribution is 2.28. The second-order valence-electron chi connectivity index (χ2n) is 7.62. The summed E-state index contributed by atoms with van der Waals surface area (Å²) in [6, 6.07) is 13.9. The minimum Gasteiger partial charge on any atom is -0.457 e. The monoisotopic (exact) mass is 366 g/mol. The maximum atomic E-state index is 11.8. The number of ether oxygens (including phenoxy) is 2. The number of hydrogen-bond donors (Lipinski definition) is 2. The second kappa shape index (κ2) is 7.74. The number of rotatable bonds is 5. The maximum Gasteiger partial charge on any atom is 0.407 e. The van der Waals surface area contributed by atoms with Crippen molar-refractivity contribution in [1.82, 2.24) is 10.3 Å². The van der Waals surface area contributed by atoms with E-state index >= 15 is 0 Å². The summed E-state index contributed by atoms with van der Waals surface area (Å²) in [6.07, 6.45) is 2.27. The molecule has 1 heterocycles. The first-order chi connectivity index (χ1) is 12.8. The fourth-order valence-corrected chi connectivity index (χ4v) is 2.86. The van der Waals surface area contributed by atoms with Crippen LogP contribution in [0.2, 0.25) is 0 Å². The lowest BCUT2D eigenvalue weighted by molar-refractivity contribution is 0.0528. The van der Waals surface area contributed by atoms with Crippen LogP contribution in [0.4, 0.5) is 4.79 Å². The molecule has 0 atom stereocenters. The molecule has 0 saturated carbocycles. The molecule has 3 aromatic rings. The van der Waals surface area contributed by atoms with E-state index in [0.29, 0.717) is 13.0 Å². The second-order valence-corrected chi connectivity index (χ2v) is 7.62. The van der Waals surface area contributed by atoms with E-state index in [1.807, 2.05) is 76.4 Å². The first kappa shape index (κ1) is 18.8. The molecule has 2 aromatic carbocycles. The molecule has 1 amide bonds. The Bertz CT molecular complexity index is 938. The van der Waals surface area contributed by atoms with Crippen molar-refractivity contribution in [2.75, 3.05) is 6.54 Å². The van der Waals surface area contributed by atoms with Crippen LogP contribution in [0.1, 0.15) is 31.9 Å². The molecule has 0 radical (unpaired) electrons. The molecule has 1 aromatic heterocycles. The number of nitrogens with one attached hydrogen (secondary N) is 2. The smallest absolute Gasteiger partial charge is 0.407 e. The van der Waals surface area contributed by atoms with Gasteiger partial charge in [0.2, 0.25) is 0 Å². The Balaban J connectivity index is 1.67. The molecule has 0 aliphatic heterocycles. The quantitative estimate of drug-likeness (QED) is 0.641. The zero-order valence-corrected chi connectivity index (χ0v) is 16.3. The Morgan fingerprint density at radius 3 is 2.63 bits per heavy atom. The van der Waals surface area contributed by atoms with Crippen molar-refractivity contribution in [3.63, 3.8) is 0 Å². The van der Waals surface area contributed by atoms with Gasteiger partial charge >= 0.3 is 6.09 Å². The van der Waals surface area contributed by atoms with E-state index < -0.39 is 11.7 Å². The van der Waals surface area contributed by atoms with Crippen molar-refractivity contribution in [3.05, 3.63) is 59.8 Å². The average Bonchev–Trinajstić information content (AvgIpc) is 2.96. The number of aromatic nitrogens is 1. The van der Waals surface area contributed by atoms with Crippen LogP contribution in [0.3, 0.4) is 0 Å². The third kappa shape index (κ3) is 5.26. The summed E-state index contributed by atoms with van der Waals surface area (Å²) in [6.45, 7) is 8.09. The van der Waals surface area contributed by atoms with E-state index in [1.54, 1.807) is 0 Å². The molecule has 142 valence electrons. The van der Waals surface area contributed by atoms with Gasteiger partial charge in [-0.2, -0.15) is 0 Å². The van der Waals surface area contributed by atoms with Crippen molar-refractivity contribution in [2.24, 2.45) is 0 Å². The standard InChI is InChI=1S/C22H26N2O3/c1-15-6-5-7-17(12-15)26-18-8-9-20-19(13-18)16(14-24-20)10-11-23-21(25)27-22(2,3)4/h5-9,12-14,24H,10-11H2,1-4H3,(H,23,25). The minimum absolute atomic E-state index is 0.397. The van der Waals surface area contributed by atoms with Crippen LogP contribution in [-0.4, -0.2) is 23.2 Å². The minimum atomic E-state index is -0.493. The van der Waals surface area contributed by atoms with Crippen molar-refractivity contribution < 1.29 is 14.3 Å². The zero-order valence-electron chi connectivity index (χ0n) is 16.3. The molecule has 0 fully saturated rings. The van der Waals surface area contributed by atoms with Gasteiger partial charge in [-0.1, -0.05) is 12.1 Å². The Labute approximate surface area is 159 Å². The van der Waals surface area contributed by atoms with Crippen LogP contribution in [0.5, 0.6) is 11.5 Å². The fourth-order valence-electron chi connectivity index (χ4n) is 2.86. The number of alkyl carbamates (subject to hydrolysis) is 1. The fraction of sp³-hybridized carbons (Fsp3) is 0.318. The van der Waals surface area contributed by atoms with Gasteiger partial charge in [-0.15, -0.1) is 0 Å². The lowest BCUT2D eigenvalue weighted by Crippen LogP contribution is -2.33. The summed E-state index contributed by atoms with van der Waals surface area (Å²) in [5.74, 6) is 1.60. The number of H-pyrrole nitrogens is 1. The van der Waals surface area contributed by atoms with Crippen molar-refractivity contribution in [1.29, 1.82) is 0 Å². The molecule has 5 heteroatoms. The number of carbonyl (C=O) groups excluding carboxylic acids is 1. The molecule has 0 aliphatic carbocycles. The SMILES string of the molecule is Cc1cccc(Oc2ccc3[nH]cc(CCNC(=O)OC(C)(C)C)c3c2)c1. The van der Waals surface area contributed by atoms with E-state index in [2.05, 4.69) is 10.3 Å². The van der Waals surface area contributed by atoms with Gasteiger partial charge in [-0.05, 0) is 75.6 Å². The molecule has 0 spiro atoms. The highest BCUT2D eigenvalue weighted by atomic mass is 16.6. The summed E-state index contributed by atoms with van der Waals surface area (Å²) >= 11 is 0. The normalized spacial score (nSPS) is 11.4. The molecule has 5 nitrogen and oxygen atoms in total.